The van der Waals surface area contributed by atoms with Crippen LogP contribution in [0.15, 0.2) is 97.1 Å². The average molecular weight is 744 g/mol. The molecule has 4 heteroatoms. The normalized spacial score (nSPS) is 10.2. The summed E-state index contributed by atoms with van der Waals surface area (Å²) in [7, 11) is 0. The molecule has 0 bridgehead atoms. The minimum atomic E-state index is 0.865. The van der Waals surface area contributed by atoms with Gasteiger partial charge in [-0.3, -0.25) is 0 Å². The van der Waals surface area contributed by atoms with Gasteiger partial charge in [0, 0.05) is 86.0 Å². The van der Waals surface area contributed by atoms with Crippen molar-refractivity contribution in [3.63, 3.8) is 0 Å². The highest BCUT2D eigenvalue weighted by molar-refractivity contribution is 9.12. The molecule has 0 radical (unpaired) electrons. The first kappa shape index (κ1) is 27.8. The predicted molar refractivity (Wildman–Crippen MR) is 174 cm³/mol. The molecule has 4 aromatic rings. The molecule has 0 aliphatic carbocycles. The van der Waals surface area contributed by atoms with Crippen LogP contribution in [0.1, 0.15) is 44.5 Å². The third-order valence-corrected chi connectivity index (χ3v) is 6.50. The van der Waals surface area contributed by atoms with Crippen LogP contribution in [-0.4, -0.2) is 0 Å². The number of rotatable bonds is 4. The fourth-order valence-corrected chi connectivity index (χ4v) is 4.99. The second-order valence-corrected chi connectivity index (χ2v) is 9.50. The van der Waals surface area contributed by atoms with Gasteiger partial charge in [0.1, 0.15) is 0 Å². The average Bonchev–Trinajstić information content (AvgIpc) is 2.95. The second-order valence-electron chi connectivity index (χ2n) is 7.91. The van der Waals surface area contributed by atoms with Gasteiger partial charge in [-0.25, -0.2) is 0 Å². The highest BCUT2D eigenvalue weighted by Gasteiger charge is 2.19. The highest BCUT2D eigenvalue weighted by Crippen LogP contribution is 2.38. The van der Waals surface area contributed by atoms with E-state index in [0.29, 0.717) is 0 Å². The molecule has 38 heavy (non-hydrogen) atoms. The van der Waals surface area contributed by atoms with Gasteiger partial charge in [-0.1, -0.05) is 84.3 Å². The van der Waals surface area contributed by atoms with Crippen molar-refractivity contribution in [2.24, 2.45) is 0 Å². The van der Waals surface area contributed by atoms with E-state index in [-0.39, 0.29) is 0 Å². The molecule has 0 aromatic heterocycles. The Morgan fingerprint density at radius 1 is 0.421 bits per heavy atom. The van der Waals surface area contributed by atoms with Gasteiger partial charge in [-0.2, -0.15) is 0 Å². The van der Waals surface area contributed by atoms with E-state index in [4.69, 9.17) is 0 Å². The summed E-state index contributed by atoms with van der Waals surface area (Å²) >= 11 is 12.9. The zero-order valence-electron chi connectivity index (χ0n) is 19.7. The van der Waals surface area contributed by atoms with Gasteiger partial charge < -0.3 is 0 Å². The van der Waals surface area contributed by atoms with Gasteiger partial charge in [0.05, 0.1) is 0 Å². The summed E-state index contributed by atoms with van der Waals surface area (Å²) in [5.41, 5.74) is 9.93. The maximum atomic E-state index is 3.31. The van der Waals surface area contributed by atoms with E-state index in [1.54, 1.807) is 0 Å². The lowest BCUT2D eigenvalue weighted by molar-refractivity contribution is 1.47. The summed E-state index contributed by atoms with van der Waals surface area (Å²) in [6.45, 7) is 0. The minimum Gasteiger partial charge on any atom is -0.0622 e. The molecule has 0 spiro atoms. The second kappa shape index (κ2) is 14.1. The van der Waals surface area contributed by atoms with Gasteiger partial charge >= 0.3 is 0 Å². The van der Waals surface area contributed by atoms with Crippen LogP contribution >= 0.6 is 63.7 Å². The summed E-state index contributed by atoms with van der Waals surface area (Å²) in [6.07, 6.45) is 0. The Hall–Kier alpha value is -3.22. The maximum absolute atomic E-state index is 3.31. The lowest BCUT2D eigenvalue weighted by Crippen LogP contribution is -2.00. The van der Waals surface area contributed by atoms with Gasteiger partial charge in [-0.05, 0) is 89.1 Å². The Bertz CT molecular complexity index is 1730. The van der Waals surface area contributed by atoms with E-state index in [1.165, 1.54) is 0 Å². The summed E-state index contributed by atoms with van der Waals surface area (Å²) in [5.74, 6) is 12.4. The van der Waals surface area contributed by atoms with Crippen LogP contribution in [0.2, 0.25) is 0 Å². The van der Waals surface area contributed by atoms with Gasteiger partial charge in [0.15, 0.2) is 0 Å². The molecule has 0 aliphatic rings. The standard InChI is InChI=1S/C34H16Br4/c35-20-16-25-6-11-29(12-7-25)33(28-4-2-1-3-5-28)34(30-13-8-26(9-14-30)17-21-36)32-15-10-27(18-22-37)24-31(32)19-23-38/h1-15,24H/b34-33-. The lowest BCUT2D eigenvalue weighted by atomic mass is 9.83. The number of hydrogen-bond acceptors (Lipinski definition) is 0. The smallest absolute Gasteiger partial charge is 0.0345 e. The molecule has 0 saturated carbocycles. The Morgan fingerprint density at radius 3 is 1.39 bits per heavy atom. The van der Waals surface area contributed by atoms with Crippen LogP contribution in [0.4, 0.5) is 0 Å². The van der Waals surface area contributed by atoms with E-state index >= 15 is 0 Å². The third kappa shape index (κ3) is 6.80. The van der Waals surface area contributed by atoms with Gasteiger partial charge in [-0.15, -0.1) is 0 Å². The van der Waals surface area contributed by atoms with Crippen molar-refractivity contribution in [1.29, 1.82) is 0 Å². The Morgan fingerprint density at radius 2 is 0.868 bits per heavy atom. The monoisotopic (exact) mass is 740 g/mol. The van der Waals surface area contributed by atoms with Crippen molar-refractivity contribution in [2.45, 2.75) is 0 Å². The SMILES string of the molecule is BrC#Cc1ccc(/C(=C(/c2ccc(C#CBr)cc2)c2ccc(C#CBr)cc2C#CBr)c2ccccc2)cc1. The highest BCUT2D eigenvalue weighted by atomic mass is 79.9. The van der Waals surface area contributed by atoms with Crippen molar-refractivity contribution in [1.82, 2.24) is 0 Å². The third-order valence-electron chi connectivity index (χ3n) is 5.71. The first-order valence-electron chi connectivity index (χ1n) is 11.3. The summed E-state index contributed by atoms with van der Waals surface area (Å²) in [6, 6.07) is 33.1. The molecule has 0 fully saturated rings. The molecule has 0 nitrogen and oxygen atoms in total. The molecule has 0 N–H and O–H groups in total. The zero-order chi connectivity index (χ0) is 26.7. The predicted octanol–water partition coefficient (Wildman–Crippen LogP) is 9.51. The number of hydrogen-bond donors (Lipinski definition) is 0. The van der Waals surface area contributed by atoms with Gasteiger partial charge in [0.25, 0.3) is 0 Å². The maximum Gasteiger partial charge on any atom is 0.0345 e. The topological polar surface area (TPSA) is 0 Å². The molecule has 0 amide bonds. The van der Waals surface area contributed by atoms with Crippen LogP contribution in [-0.2, 0) is 0 Å². The molecule has 0 aliphatic heterocycles. The molecule has 0 saturated heterocycles. The molecule has 4 rings (SSSR count). The molecule has 180 valence electrons. The van der Waals surface area contributed by atoms with Crippen LogP contribution in [0.3, 0.4) is 0 Å². The van der Waals surface area contributed by atoms with E-state index in [9.17, 15) is 0 Å². The number of halogens is 4. The largest absolute Gasteiger partial charge is 0.0622 e. The molecule has 4 aromatic carbocycles. The van der Waals surface area contributed by atoms with E-state index in [0.717, 1.165) is 55.7 Å². The Kier molecular flexibility index (Phi) is 10.3. The summed E-state index contributed by atoms with van der Waals surface area (Å²) in [5, 5.41) is 0. The van der Waals surface area contributed by atoms with Crippen molar-refractivity contribution < 1.29 is 0 Å². The van der Waals surface area contributed by atoms with E-state index < -0.39 is 0 Å². The molecule has 0 unspecified atom stereocenters. The van der Waals surface area contributed by atoms with Crippen LogP contribution < -0.4 is 0 Å². The fraction of sp³-hybridized carbons (Fsp3) is 0. The first-order chi connectivity index (χ1) is 18.7. The number of benzene rings is 4. The molecular formula is C34H16Br4. The minimum absolute atomic E-state index is 0.865. The first-order valence-corrected chi connectivity index (χ1v) is 14.5. The summed E-state index contributed by atoms with van der Waals surface area (Å²) < 4.78 is 0. The molecular weight excluding hydrogens is 728 g/mol. The van der Waals surface area contributed by atoms with Crippen molar-refractivity contribution in [3.8, 4) is 43.0 Å². The van der Waals surface area contributed by atoms with E-state index in [2.05, 4.69) is 161 Å². The van der Waals surface area contributed by atoms with Crippen molar-refractivity contribution in [3.05, 3.63) is 142 Å². The van der Waals surface area contributed by atoms with Crippen LogP contribution in [0.25, 0.3) is 11.1 Å². The Labute approximate surface area is 257 Å². The van der Waals surface area contributed by atoms with Crippen molar-refractivity contribution in [2.75, 3.05) is 0 Å². The van der Waals surface area contributed by atoms with Gasteiger partial charge in [0.2, 0.25) is 0 Å². The zero-order valence-corrected chi connectivity index (χ0v) is 26.1. The van der Waals surface area contributed by atoms with Crippen LogP contribution in [0, 0.1) is 43.0 Å². The molecule has 0 atom stereocenters. The fourth-order valence-electron chi connectivity index (χ4n) is 4.09. The molecule has 0 heterocycles. The van der Waals surface area contributed by atoms with Crippen molar-refractivity contribution >= 4 is 74.9 Å². The summed E-state index contributed by atoms with van der Waals surface area (Å²) in [4.78, 5) is 11.3. The quantitative estimate of drug-likeness (QED) is 0.144. The van der Waals surface area contributed by atoms with Crippen LogP contribution in [0.5, 0.6) is 0 Å². The Balaban J connectivity index is 2.13. The lowest BCUT2D eigenvalue weighted by Gasteiger charge is -2.19. The van der Waals surface area contributed by atoms with E-state index in [1.807, 2.05) is 42.5 Å².